The van der Waals surface area contributed by atoms with Gasteiger partial charge in [0.15, 0.2) is 5.13 Å². The highest BCUT2D eigenvalue weighted by atomic mass is 32.1. The Morgan fingerprint density at radius 1 is 1.10 bits per heavy atom. The summed E-state index contributed by atoms with van der Waals surface area (Å²) in [6.45, 7) is 1.24. The molecule has 3 aromatic rings. The first-order valence-corrected chi connectivity index (χ1v) is 9.59. The molecule has 0 unspecified atom stereocenters. The van der Waals surface area contributed by atoms with Crippen molar-refractivity contribution in [1.82, 2.24) is 4.98 Å². The van der Waals surface area contributed by atoms with Crippen LogP contribution in [0.2, 0.25) is 0 Å². The van der Waals surface area contributed by atoms with E-state index in [4.69, 9.17) is 0 Å². The summed E-state index contributed by atoms with van der Waals surface area (Å²) in [6, 6.07) is 13.4. The van der Waals surface area contributed by atoms with E-state index in [-0.39, 0.29) is 16.7 Å². The first-order valence-electron chi connectivity index (χ1n) is 8.71. The highest BCUT2D eigenvalue weighted by Gasteiger charge is 2.31. The first-order chi connectivity index (χ1) is 14.2. The molecule has 0 saturated heterocycles. The van der Waals surface area contributed by atoms with Gasteiger partial charge in [-0.15, -0.1) is 11.3 Å². The van der Waals surface area contributed by atoms with E-state index in [1.807, 2.05) is 6.07 Å². The average molecular weight is 431 g/mol. The van der Waals surface area contributed by atoms with Crippen molar-refractivity contribution in [1.29, 1.82) is 0 Å². The van der Waals surface area contributed by atoms with Gasteiger partial charge in [-0.2, -0.15) is 13.2 Å². The number of hydrogen-bond acceptors (Lipinski definition) is 4. The molecule has 0 fully saturated rings. The number of carbonyl (C=O) groups excluding carboxylic acids is 2. The van der Waals surface area contributed by atoms with Crippen molar-refractivity contribution in [2.45, 2.75) is 13.1 Å². The average Bonchev–Trinajstić information content (AvgIpc) is 3.15. The molecule has 0 aliphatic rings. The second-order valence-corrected chi connectivity index (χ2v) is 6.98. The molecule has 9 heteroatoms. The van der Waals surface area contributed by atoms with Gasteiger partial charge >= 0.3 is 6.18 Å². The summed E-state index contributed by atoms with van der Waals surface area (Å²) in [4.78, 5) is 29.5. The fourth-order valence-electron chi connectivity index (χ4n) is 2.57. The van der Waals surface area contributed by atoms with Crippen molar-refractivity contribution in [2.75, 3.05) is 10.2 Å². The predicted molar refractivity (Wildman–Crippen MR) is 110 cm³/mol. The third-order valence-corrected chi connectivity index (χ3v) is 4.74. The van der Waals surface area contributed by atoms with E-state index < -0.39 is 17.6 Å². The molecule has 0 saturated carbocycles. The van der Waals surface area contributed by atoms with E-state index >= 15 is 0 Å². The molecule has 3 rings (SSSR count). The number of carbonyl (C=O) groups is 2. The Hall–Kier alpha value is -3.46. The SMILES string of the molecule is CC(=O)N(c1cccc(C(F)(F)F)c1)c1nc(C=CC(=O)Nc2ccccc2)cs1. The fourth-order valence-corrected chi connectivity index (χ4v) is 3.43. The number of rotatable bonds is 5. The number of halogens is 3. The summed E-state index contributed by atoms with van der Waals surface area (Å²) in [7, 11) is 0. The van der Waals surface area contributed by atoms with E-state index in [0.29, 0.717) is 11.4 Å². The third kappa shape index (κ3) is 5.32. The van der Waals surface area contributed by atoms with E-state index in [0.717, 1.165) is 28.4 Å². The van der Waals surface area contributed by atoms with Crippen LogP contribution in [0.5, 0.6) is 0 Å². The summed E-state index contributed by atoms with van der Waals surface area (Å²) in [5, 5.41) is 4.49. The number of nitrogens with one attached hydrogen (secondary N) is 1. The van der Waals surface area contributed by atoms with Crippen LogP contribution < -0.4 is 10.2 Å². The molecule has 30 heavy (non-hydrogen) atoms. The minimum absolute atomic E-state index is 0.0593. The summed E-state index contributed by atoms with van der Waals surface area (Å²) in [5.41, 5.74) is 0.236. The van der Waals surface area contributed by atoms with Crippen molar-refractivity contribution >= 4 is 45.7 Å². The number of thiazole rings is 1. The van der Waals surface area contributed by atoms with Gasteiger partial charge in [-0.25, -0.2) is 4.98 Å². The lowest BCUT2D eigenvalue weighted by Crippen LogP contribution is -2.23. The van der Waals surface area contributed by atoms with Gasteiger partial charge in [-0.1, -0.05) is 24.3 Å². The molecular formula is C21H16F3N3O2S. The molecule has 0 spiro atoms. The predicted octanol–water partition coefficient (Wildman–Crippen LogP) is 5.50. The van der Waals surface area contributed by atoms with Crippen LogP contribution in [0.1, 0.15) is 18.2 Å². The lowest BCUT2D eigenvalue weighted by atomic mass is 10.2. The van der Waals surface area contributed by atoms with Crippen LogP contribution in [0.25, 0.3) is 6.08 Å². The van der Waals surface area contributed by atoms with Gasteiger partial charge in [-0.05, 0) is 36.4 Å². The van der Waals surface area contributed by atoms with Crippen molar-refractivity contribution < 1.29 is 22.8 Å². The summed E-state index contributed by atoms with van der Waals surface area (Å²) < 4.78 is 39.0. The van der Waals surface area contributed by atoms with Crippen molar-refractivity contribution in [3.8, 4) is 0 Å². The molecule has 2 amide bonds. The highest BCUT2D eigenvalue weighted by molar-refractivity contribution is 7.14. The van der Waals surface area contributed by atoms with Crippen LogP contribution >= 0.6 is 11.3 Å². The second kappa shape index (κ2) is 8.91. The zero-order chi connectivity index (χ0) is 21.7. The van der Waals surface area contributed by atoms with Crippen LogP contribution in [-0.2, 0) is 15.8 Å². The molecule has 5 nitrogen and oxygen atoms in total. The standard InChI is InChI=1S/C21H16F3N3O2S/c1-14(28)27(18-9-5-6-15(12-18)21(22,23)24)20-26-17(13-30-20)10-11-19(29)25-16-7-3-2-4-8-16/h2-13H,1H3,(H,25,29). The number of para-hydroxylation sites is 1. The quantitative estimate of drug-likeness (QED) is 0.543. The van der Waals surface area contributed by atoms with E-state index in [1.165, 1.54) is 31.2 Å². The maximum absolute atomic E-state index is 13.0. The molecule has 0 bridgehead atoms. The Kier molecular flexibility index (Phi) is 6.31. The molecule has 1 aromatic heterocycles. The van der Waals surface area contributed by atoms with Crippen molar-refractivity contribution in [2.24, 2.45) is 0 Å². The minimum Gasteiger partial charge on any atom is -0.323 e. The van der Waals surface area contributed by atoms with Crippen molar-refractivity contribution in [3.63, 3.8) is 0 Å². The first kappa shape index (κ1) is 21.3. The Morgan fingerprint density at radius 2 is 1.83 bits per heavy atom. The van der Waals surface area contributed by atoms with Gasteiger partial charge in [0.25, 0.3) is 0 Å². The molecule has 0 aliphatic heterocycles. The van der Waals surface area contributed by atoms with Crippen LogP contribution in [0.3, 0.4) is 0 Å². The van der Waals surface area contributed by atoms with Gasteiger partial charge in [0.1, 0.15) is 0 Å². The van der Waals surface area contributed by atoms with Gasteiger partial charge in [-0.3, -0.25) is 14.5 Å². The minimum atomic E-state index is -4.53. The molecular weight excluding hydrogens is 415 g/mol. The summed E-state index contributed by atoms with van der Waals surface area (Å²) in [6.07, 6.45) is -1.78. The number of alkyl halides is 3. The number of anilines is 3. The number of aromatic nitrogens is 1. The normalized spacial score (nSPS) is 11.5. The second-order valence-electron chi connectivity index (χ2n) is 6.15. The maximum atomic E-state index is 13.0. The zero-order valence-electron chi connectivity index (χ0n) is 15.7. The highest BCUT2D eigenvalue weighted by Crippen LogP contribution is 2.35. The summed E-state index contributed by atoms with van der Waals surface area (Å²) in [5.74, 6) is -0.849. The maximum Gasteiger partial charge on any atom is 0.416 e. The molecule has 1 N–H and O–H groups in total. The van der Waals surface area contributed by atoms with E-state index in [2.05, 4.69) is 10.3 Å². The van der Waals surface area contributed by atoms with Gasteiger partial charge in [0.2, 0.25) is 11.8 Å². The van der Waals surface area contributed by atoms with Crippen molar-refractivity contribution in [3.05, 3.63) is 77.3 Å². The molecule has 0 radical (unpaired) electrons. The molecule has 1 heterocycles. The lowest BCUT2D eigenvalue weighted by Gasteiger charge is -2.19. The Labute approximate surface area is 174 Å². The van der Waals surface area contributed by atoms with E-state index in [1.54, 1.807) is 29.6 Å². The summed E-state index contributed by atoms with van der Waals surface area (Å²) >= 11 is 1.08. The molecule has 2 aromatic carbocycles. The topological polar surface area (TPSA) is 62.3 Å². The Balaban J connectivity index is 1.79. The van der Waals surface area contributed by atoms with Crippen LogP contribution in [0, 0.1) is 0 Å². The number of nitrogens with zero attached hydrogens (tertiary/aromatic N) is 2. The number of amides is 2. The monoisotopic (exact) mass is 431 g/mol. The van der Waals surface area contributed by atoms with Gasteiger partial charge in [0.05, 0.1) is 16.9 Å². The smallest absolute Gasteiger partial charge is 0.323 e. The Morgan fingerprint density at radius 3 is 2.50 bits per heavy atom. The fraction of sp³-hybridized carbons (Fsp3) is 0.0952. The molecule has 154 valence electrons. The van der Waals surface area contributed by atoms with E-state index in [9.17, 15) is 22.8 Å². The van der Waals surface area contributed by atoms with Crippen LogP contribution in [0.4, 0.5) is 29.7 Å². The van der Waals surface area contributed by atoms with Gasteiger partial charge < -0.3 is 5.32 Å². The molecule has 0 atom stereocenters. The number of hydrogen-bond donors (Lipinski definition) is 1. The molecule has 0 aliphatic carbocycles. The van der Waals surface area contributed by atoms with Gasteiger partial charge in [0, 0.05) is 24.1 Å². The van der Waals surface area contributed by atoms with Crippen LogP contribution in [0.15, 0.2) is 66.1 Å². The number of benzene rings is 2. The lowest BCUT2D eigenvalue weighted by molar-refractivity contribution is -0.137. The van der Waals surface area contributed by atoms with Crippen LogP contribution in [-0.4, -0.2) is 16.8 Å². The zero-order valence-corrected chi connectivity index (χ0v) is 16.5. The largest absolute Gasteiger partial charge is 0.416 e. The third-order valence-electron chi connectivity index (χ3n) is 3.89. The Bertz CT molecular complexity index is 1080.